The average molecular weight is 337 g/mol. The number of nitrogens with one attached hydrogen (secondary N) is 2. The molecule has 3 rings (SSSR count). The molecule has 128 valence electrons. The largest absolute Gasteiger partial charge is 0.496 e. The van der Waals surface area contributed by atoms with Gasteiger partial charge in [-0.15, -0.1) is 0 Å². The highest BCUT2D eigenvalue weighted by Crippen LogP contribution is 2.17. The van der Waals surface area contributed by atoms with Crippen LogP contribution < -0.4 is 15.4 Å². The van der Waals surface area contributed by atoms with Gasteiger partial charge in [0.05, 0.1) is 31.8 Å². The van der Waals surface area contributed by atoms with Crippen molar-refractivity contribution >= 4 is 11.6 Å². The molecule has 0 spiro atoms. The van der Waals surface area contributed by atoms with Crippen LogP contribution in [0.3, 0.4) is 0 Å². The number of anilines is 1. The van der Waals surface area contributed by atoms with Crippen molar-refractivity contribution in [3.63, 3.8) is 0 Å². The number of amides is 1. The zero-order valence-electron chi connectivity index (χ0n) is 13.9. The van der Waals surface area contributed by atoms with Crippen LogP contribution in [0.2, 0.25) is 0 Å². The van der Waals surface area contributed by atoms with Crippen LogP contribution in [0.15, 0.2) is 65.4 Å². The van der Waals surface area contributed by atoms with Gasteiger partial charge in [0.25, 0.3) is 5.91 Å². The zero-order valence-corrected chi connectivity index (χ0v) is 13.9. The fourth-order valence-electron chi connectivity index (χ4n) is 2.35. The van der Waals surface area contributed by atoms with E-state index in [9.17, 15) is 4.79 Å². The second-order valence-corrected chi connectivity index (χ2v) is 5.36. The molecular weight excluding hydrogens is 318 g/mol. The Morgan fingerprint density at radius 3 is 2.72 bits per heavy atom. The van der Waals surface area contributed by atoms with Crippen molar-refractivity contribution in [3.05, 3.63) is 78.0 Å². The van der Waals surface area contributed by atoms with E-state index in [1.807, 2.05) is 42.5 Å². The average Bonchev–Trinajstić information content (AvgIpc) is 3.18. The van der Waals surface area contributed by atoms with Crippen LogP contribution in [0.25, 0.3) is 0 Å². The molecule has 0 atom stereocenters. The molecule has 0 saturated carbocycles. The highest BCUT2D eigenvalue weighted by atomic mass is 16.5. The van der Waals surface area contributed by atoms with Crippen molar-refractivity contribution in [3.8, 4) is 5.75 Å². The minimum absolute atomic E-state index is 0.233. The van der Waals surface area contributed by atoms with Gasteiger partial charge >= 0.3 is 0 Å². The van der Waals surface area contributed by atoms with Gasteiger partial charge in [-0.1, -0.05) is 18.2 Å². The Bertz CT molecular complexity index is 814. The molecule has 25 heavy (non-hydrogen) atoms. The van der Waals surface area contributed by atoms with Gasteiger partial charge in [-0.25, -0.2) is 4.98 Å². The molecule has 1 amide bonds. The van der Waals surface area contributed by atoms with Gasteiger partial charge < -0.3 is 19.8 Å². The normalized spacial score (nSPS) is 10.3. The Labute approximate surface area is 145 Å². The number of pyridine rings is 1. The molecule has 6 nitrogen and oxygen atoms in total. The summed E-state index contributed by atoms with van der Waals surface area (Å²) in [5.74, 6) is 1.34. The number of aromatic nitrogens is 1. The number of carbonyl (C=O) groups is 1. The minimum atomic E-state index is -0.233. The van der Waals surface area contributed by atoms with E-state index in [2.05, 4.69) is 15.6 Å². The molecular formula is C19H19N3O3. The maximum absolute atomic E-state index is 12.2. The number of rotatable bonds is 7. The molecule has 0 unspecified atom stereocenters. The zero-order chi connectivity index (χ0) is 17.5. The number of ether oxygens (including phenoxy) is 1. The van der Waals surface area contributed by atoms with E-state index < -0.39 is 0 Å². The van der Waals surface area contributed by atoms with Gasteiger partial charge in [0.2, 0.25) is 0 Å². The Balaban J connectivity index is 1.55. The van der Waals surface area contributed by atoms with Gasteiger partial charge in [0.1, 0.15) is 17.2 Å². The predicted molar refractivity (Wildman–Crippen MR) is 94.4 cm³/mol. The maximum Gasteiger partial charge on any atom is 0.270 e. The van der Waals surface area contributed by atoms with Crippen LogP contribution in [0.1, 0.15) is 21.8 Å². The van der Waals surface area contributed by atoms with E-state index in [0.29, 0.717) is 18.8 Å². The van der Waals surface area contributed by atoms with Crippen LogP contribution in [-0.4, -0.2) is 18.0 Å². The molecule has 0 aliphatic rings. The van der Waals surface area contributed by atoms with Crippen LogP contribution in [-0.2, 0) is 13.1 Å². The molecule has 0 aliphatic carbocycles. The van der Waals surface area contributed by atoms with Crippen molar-refractivity contribution in [1.29, 1.82) is 0 Å². The van der Waals surface area contributed by atoms with Gasteiger partial charge in [0, 0.05) is 12.1 Å². The van der Waals surface area contributed by atoms with Crippen LogP contribution in [0, 0.1) is 0 Å². The number of carbonyl (C=O) groups excluding carboxylic acids is 1. The number of hydrogen-bond acceptors (Lipinski definition) is 5. The topological polar surface area (TPSA) is 76.4 Å². The SMILES string of the molecule is COc1ccccc1CNC(=O)c1ccc(NCc2ccco2)cn1. The summed E-state index contributed by atoms with van der Waals surface area (Å²) in [6.07, 6.45) is 3.26. The molecule has 0 fully saturated rings. The molecule has 0 aliphatic heterocycles. The number of methoxy groups -OCH3 is 1. The van der Waals surface area contributed by atoms with Gasteiger partial charge in [0.15, 0.2) is 0 Å². The summed E-state index contributed by atoms with van der Waals surface area (Å²) in [4.78, 5) is 16.4. The lowest BCUT2D eigenvalue weighted by molar-refractivity contribution is 0.0945. The lowest BCUT2D eigenvalue weighted by Crippen LogP contribution is -2.24. The van der Waals surface area contributed by atoms with Crippen LogP contribution in [0.5, 0.6) is 5.75 Å². The lowest BCUT2D eigenvalue weighted by atomic mass is 10.2. The Hall–Kier alpha value is -3.28. The number of para-hydroxylation sites is 1. The predicted octanol–water partition coefficient (Wildman–Crippen LogP) is 3.23. The van der Waals surface area contributed by atoms with Crippen molar-refractivity contribution in [2.45, 2.75) is 13.1 Å². The third kappa shape index (κ3) is 4.38. The fourth-order valence-corrected chi connectivity index (χ4v) is 2.35. The van der Waals surface area contributed by atoms with Crippen molar-refractivity contribution in [2.24, 2.45) is 0 Å². The van der Waals surface area contributed by atoms with E-state index in [4.69, 9.17) is 9.15 Å². The summed E-state index contributed by atoms with van der Waals surface area (Å²) in [7, 11) is 1.61. The molecule has 2 N–H and O–H groups in total. The molecule has 0 saturated heterocycles. The Kier molecular flexibility index (Phi) is 5.31. The van der Waals surface area contributed by atoms with Crippen molar-refractivity contribution in [1.82, 2.24) is 10.3 Å². The van der Waals surface area contributed by atoms with Crippen molar-refractivity contribution < 1.29 is 13.9 Å². The second-order valence-electron chi connectivity index (χ2n) is 5.36. The van der Waals surface area contributed by atoms with Gasteiger partial charge in [-0.2, -0.15) is 0 Å². The lowest BCUT2D eigenvalue weighted by Gasteiger charge is -2.09. The highest BCUT2D eigenvalue weighted by molar-refractivity contribution is 5.92. The second kappa shape index (κ2) is 8.01. The summed E-state index contributed by atoms with van der Waals surface area (Å²) >= 11 is 0. The number of nitrogens with zero attached hydrogens (tertiary/aromatic N) is 1. The van der Waals surface area contributed by atoms with E-state index in [-0.39, 0.29) is 5.91 Å². The third-order valence-electron chi connectivity index (χ3n) is 3.67. The third-order valence-corrected chi connectivity index (χ3v) is 3.67. The monoisotopic (exact) mass is 337 g/mol. The molecule has 3 aromatic rings. The number of benzene rings is 1. The first kappa shape index (κ1) is 16.6. The molecule has 0 bridgehead atoms. The summed E-state index contributed by atoms with van der Waals surface area (Å²) in [6, 6.07) is 14.8. The molecule has 6 heteroatoms. The fraction of sp³-hybridized carbons (Fsp3) is 0.158. The summed E-state index contributed by atoms with van der Waals surface area (Å²) in [5.41, 5.74) is 2.09. The summed E-state index contributed by atoms with van der Waals surface area (Å²) in [6.45, 7) is 0.942. The highest BCUT2D eigenvalue weighted by Gasteiger charge is 2.09. The minimum Gasteiger partial charge on any atom is -0.496 e. The number of hydrogen-bond donors (Lipinski definition) is 2. The van der Waals surface area contributed by atoms with E-state index in [0.717, 1.165) is 22.8 Å². The maximum atomic E-state index is 12.2. The van der Waals surface area contributed by atoms with E-state index in [1.54, 1.807) is 25.6 Å². The molecule has 0 radical (unpaired) electrons. The first-order valence-corrected chi connectivity index (χ1v) is 7.88. The molecule has 2 heterocycles. The first-order chi connectivity index (χ1) is 12.3. The summed E-state index contributed by atoms with van der Waals surface area (Å²) < 4.78 is 10.5. The summed E-state index contributed by atoms with van der Waals surface area (Å²) in [5, 5.41) is 6.03. The van der Waals surface area contributed by atoms with Gasteiger partial charge in [-0.05, 0) is 30.3 Å². The quantitative estimate of drug-likeness (QED) is 0.692. The standard InChI is InChI=1S/C19H19N3O3/c1-24-18-7-3-2-5-14(18)11-22-19(23)17-9-8-15(12-21-17)20-13-16-6-4-10-25-16/h2-10,12,20H,11,13H2,1H3,(H,22,23). The van der Waals surface area contributed by atoms with E-state index in [1.165, 1.54) is 0 Å². The first-order valence-electron chi connectivity index (χ1n) is 7.88. The van der Waals surface area contributed by atoms with Crippen LogP contribution >= 0.6 is 0 Å². The van der Waals surface area contributed by atoms with Crippen molar-refractivity contribution in [2.75, 3.05) is 12.4 Å². The van der Waals surface area contributed by atoms with Gasteiger partial charge in [-0.3, -0.25) is 4.79 Å². The number of furan rings is 1. The smallest absolute Gasteiger partial charge is 0.270 e. The molecule has 1 aromatic carbocycles. The van der Waals surface area contributed by atoms with E-state index >= 15 is 0 Å². The Morgan fingerprint density at radius 2 is 2.00 bits per heavy atom. The van der Waals surface area contributed by atoms with Crippen LogP contribution in [0.4, 0.5) is 5.69 Å². The molecule has 2 aromatic heterocycles. The Morgan fingerprint density at radius 1 is 1.12 bits per heavy atom.